The summed E-state index contributed by atoms with van der Waals surface area (Å²) >= 11 is 0. The zero-order valence-electron chi connectivity index (χ0n) is 12.3. The zero-order chi connectivity index (χ0) is 12.5. The van der Waals surface area contributed by atoms with Crippen LogP contribution in [0.1, 0.15) is 72.6 Å². The van der Waals surface area contributed by atoms with Crippen LogP contribution < -0.4 is 5.32 Å². The zero-order valence-corrected chi connectivity index (χ0v) is 12.3. The van der Waals surface area contributed by atoms with Crippen molar-refractivity contribution in [2.75, 3.05) is 0 Å². The molecule has 0 aromatic carbocycles. The van der Waals surface area contributed by atoms with Crippen LogP contribution in [0.15, 0.2) is 0 Å². The first-order valence-corrected chi connectivity index (χ1v) is 7.73. The largest absolute Gasteiger partial charge is 0.311 e. The van der Waals surface area contributed by atoms with Crippen LogP contribution in [0.2, 0.25) is 0 Å². The molecule has 2 rings (SSSR count). The quantitative estimate of drug-likeness (QED) is 0.752. The minimum atomic E-state index is 0.519. The van der Waals surface area contributed by atoms with E-state index in [0.29, 0.717) is 5.41 Å². The molecule has 0 aliphatic heterocycles. The summed E-state index contributed by atoms with van der Waals surface area (Å²) < 4.78 is 0. The van der Waals surface area contributed by atoms with E-state index in [0.717, 1.165) is 23.9 Å². The van der Waals surface area contributed by atoms with Gasteiger partial charge >= 0.3 is 0 Å². The van der Waals surface area contributed by atoms with Crippen molar-refractivity contribution in [1.29, 1.82) is 0 Å². The summed E-state index contributed by atoms with van der Waals surface area (Å²) in [6.45, 7) is 9.64. The second-order valence-electron chi connectivity index (χ2n) is 7.60. The second kappa shape index (κ2) is 5.30. The Labute approximate surface area is 108 Å². The van der Waals surface area contributed by atoms with E-state index in [-0.39, 0.29) is 0 Å². The first kappa shape index (κ1) is 13.4. The summed E-state index contributed by atoms with van der Waals surface area (Å²) in [7, 11) is 0. The van der Waals surface area contributed by atoms with Crippen LogP contribution in [-0.4, -0.2) is 12.1 Å². The van der Waals surface area contributed by atoms with Gasteiger partial charge in [0, 0.05) is 12.1 Å². The Morgan fingerprint density at radius 1 is 0.882 bits per heavy atom. The maximum Gasteiger partial charge on any atom is 0.00952 e. The normalized spacial score (nSPS) is 39.5. The molecule has 2 fully saturated rings. The van der Waals surface area contributed by atoms with Gasteiger partial charge in [-0.2, -0.15) is 0 Å². The first-order chi connectivity index (χ1) is 7.97. The van der Waals surface area contributed by atoms with E-state index >= 15 is 0 Å². The molecule has 2 aliphatic rings. The molecular weight excluding hydrogens is 206 g/mol. The van der Waals surface area contributed by atoms with E-state index in [1.807, 2.05) is 0 Å². The number of nitrogens with one attached hydrogen (secondary N) is 1. The number of hydrogen-bond donors (Lipinski definition) is 1. The number of rotatable bonds is 2. The van der Waals surface area contributed by atoms with Crippen LogP contribution in [0.5, 0.6) is 0 Å². The Hall–Kier alpha value is -0.0400. The van der Waals surface area contributed by atoms with E-state index in [1.165, 1.54) is 44.9 Å². The maximum absolute atomic E-state index is 3.94. The van der Waals surface area contributed by atoms with Crippen molar-refractivity contribution in [3.63, 3.8) is 0 Å². The average Bonchev–Trinajstić information content (AvgIpc) is 2.64. The van der Waals surface area contributed by atoms with Gasteiger partial charge in [-0.25, -0.2) is 0 Å². The van der Waals surface area contributed by atoms with Crippen molar-refractivity contribution in [3.05, 3.63) is 0 Å². The van der Waals surface area contributed by atoms with Gasteiger partial charge in [0.25, 0.3) is 0 Å². The monoisotopic (exact) mass is 237 g/mol. The van der Waals surface area contributed by atoms with Crippen molar-refractivity contribution >= 4 is 0 Å². The Bertz CT molecular complexity index is 232. The molecule has 0 amide bonds. The van der Waals surface area contributed by atoms with Crippen molar-refractivity contribution in [1.82, 2.24) is 5.32 Å². The van der Waals surface area contributed by atoms with E-state index in [9.17, 15) is 0 Å². The highest BCUT2D eigenvalue weighted by molar-refractivity contribution is 4.88. The lowest BCUT2D eigenvalue weighted by Crippen LogP contribution is -2.42. The van der Waals surface area contributed by atoms with Gasteiger partial charge in [0.05, 0.1) is 0 Å². The van der Waals surface area contributed by atoms with Gasteiger partial charge in [-0.3, -0.25) is 0 Å². The summed E-state index contributed by atoms with van der Waals surface area (Å²) in [5.41, 5.74) is 0.519. The van der Waals surface area contributed by atoms with Gasteiger partial charge < -0.3 is 5.32 Å². The van der Waals surface area contributed by atoms with Gasteiger partial charge in [-0.1, -0.05) is 34.1 Å². The Balaban J connectivity index is 1.76. The van der Waals surface area contributed by atoms with Gasteiger partial charge in [-0.05, 0) is 55.8 Å². The maximum atomic E-state index is 3.94. The molecule has 17 heavy (non-hydrogen) atoms. The lowest BCUT2D eigenvalue weighted by molar-refractivity contribution is 0.153. The lowest BCUT2D eigenvalue weighted by atomic mass is 9.71. The molecule has 2 aliphatic carbocycles. The fourth-order valence-corrected chi connectivity index (χ4v) is 3.82. The summed E-state index contributed by atoms with van der Waals surface area (Å²) in [5, 5.41) is 3.94. The van der Waals surface area contributed by atoms with Gasteiger partial charge in [0.1, 0.15) is 0 Å². The number of hydrogen-bond acceptors (Lipinski definition) is 1. The van der Waals surface area contributed by atoms with Gasteiger partial charge in [0.2, 0.25) is 0 Å². The minimum absolute atomic E-state index is 0.519. The van der Waals surface area contributed by atoms with Crippen molar-refractivity contribution in [3.8, 4) is 0 Å². The molecule has 0 radical (unpaired) electrons. The predicted octanol–water partition coefficient (Wildman–Crippen LogP) is 4.37. The van der Waals surface area contributed by atoms with E-state index < -0.39 is 0 Å². The van der Waals surface area contributed by atoms with Crippen LogP contribution in [0.25, 0.3) is 0 Å². The molecule has 0 aromatic heterocycles. The minimum Gasteiger partial charge on any atom is -0.311 e. The molecule has 1 heteroatoms. The fourth-order valence-electron chi connectivity index (χ4n) is 3.82. The molecule has 0 heterocycles. The predicted molar refractivity (Wildman–Crippen MR) is 75.1 cm³/mol. The molecule has 1 nitrogen and oxygen atoms in total. The molecule has 2 saturated carbocycles. The first-order valence-electron chi connectivity index (χ1n) is 7.73. The lowest BCUT2D eigenvalue weighted by Gasteiger charge is -2.38. The summed E-state index contributed by atoms with van der Waals surface area (Å²) in [6, 6.07) is 1.64. The molecule has 100 valence electrons. The van der Waals surface area contributed by atoms with Crippen LogP contribution in [0.4, 0.5) is 0 Å². The Morgan fingerprint density at radius 3 is 2.00 bits per heavy atom. The van der Waals surface area contributed by atoms with Crippen LogP contribution in [0, 0.1) is 17.3 Å². The third kappa shape index (κ3) is 3.47. The summed E-state index contributed by atoms with van der Waals surface area (Å²) in [6.07, 6.45) is 9.98. The topological polar surface area (TPSA) is 12.0 Å². The van der Waals surface area contributed by atoms with E-state index in [2.05, 4.69) is 33.0 Å². The van der Waals surface area contributed by atoms with Crippen molar-refractivity contribution < 1.29 is 0 Å². The molecule has 2 atom stereocenters. The standard InChI is InChI=1S/C16H31N/c1-12-6-5-7-15(12)17-14-10-8-13(9-11-14)16(2,3)4/h12-15,17H,5-11H2,1-4H3. The van der Waals surface area contributed by atoms with E-state index in [4.69, 9.17) is 0 Å². The third-order valence-electron chi connectivity index (χ3n) is 5.26. The third-order valence-corrected chi connectivity index (χ3v) is 5.26. The van der Waals surface area contributed by atoms with Gasteiger partial charge in [0.15, 0.2) is 0 Å². The Kier molecular flexibility index (Phi) is 4.18. The van der Waals surface area contributed by atoms with Crippen molar-refractivity contribution in [2.24, 2.45) is 17.3 Å². The van der Waals surface area contributed by atoms with Crippen LogP contribution in [0.3, 0.4) is 0 Å². The van der Waals surface area contributed by atoms with E-state index in [1.54, 1.807) is 0 Å². The second-order valence-corrected chi connectivity index (χ2v) is 7.60. The fraction of sp³-hybridized carbons (Fsp3) is 1.00. The highest BCUT2D eigenvalue weighted by Gasteiger charge is 2.32. The van der Waals surface area contributed by atoms with Crippen LogP contribution in [-0.2, 0) is 0 Å². The van der Waals surface area contributed by atoms with Crippen LogP contribution >= 0.6 is 0 Å². The summed E-state index contributed by atoms with van der Waals surface area (Å²) in [5.74, 6) is 1.86. The van der Waals surface area contributed by atoms with Gasteiger partial charge in [-0.15, -0.1) is 0 Å². The molecule has 0 bridgehead atoms. The SMILES string of the molecule is CC1CCCC1NC1CCC(C(C)(C)C)CC1. The molecule has 2 unspecified atom stereocenters. The molecular formula is C16H31N. The smallest absolute Gasteiger partial charge is 0.00952 e. The molecule has 0 saturated heterocycles. The molecule has 0 spiro atoms. The van der Waals surface area contributed by atoms with Crippen molar-refractivity contribution in [2.45, 2.75) is 84.7 Å². The Morgan fingerprint density at radius 2 is 1.53 bits per heavy atom. The molecule has 1 N–H and O–H groups in total. The highest BCUT2D eigenvalue weighted by Crippen LogP contribution is 2.38. The molecule has 0 aromatic rings. The summed E-state index contributed by atoms with van der Waals surface area (Å²) in [4.78, 5) is 0. The average molecular weight is 237 g/mol. The highest BCUT2D eigenvalue weighted by atomic mass is 15.0.